The highest BCUT2D eigenvalue weighted by atomic mass is 79.9. The van der Waals surface area contributed by atoms with Crippen LogP contribution in [0, 0.1) is 0 Å². The van der Waals surface area contributed by atoms with Crippen LogP contribution < -0.4 is 17.0 Å². The summed E-state index contributed by atoms with van der Waals surface area (Å²) in [5, 5.41) is 2.10. The van der Waals surface area contributed by atoms with Crippen molar-refractivity contribution in [1.29, 1.82) is 0 Å². The lowest BCUT2D eigenvalue weighted by Crippen LogP contribution is -3.00. The first-order valence-corrected chi connectivity index (χ1v) is 7.47. The summed E-state index contributed by atoms with van der Waals surface area (Å²) in [5.41, 5.74) is 2.18. The summed E-state index contributed by atoms with van der Waals surface area (Å²) in [6.07, 6.45) is 3.05. The van der Waals surface area contributed by atoms with Gasteiger partial charge in [0.05, 0.1) is 12.7 Å². The number of benzene rings is 1. The molecule has 1 aromatic carbocycles. The predicted octanol–water partition coefficient (Wildman–Crippen LogP) is -0.346. The second-order valence-corrected chi connectivity index (χ2v) is 5.75. The molecule has 0 spiro atoms. The molecule has 1 aromatic heterocycles. The van der Waals surface area contributed by atoms with Gasteiger partial charge in [0.1, 0.15) is 6.54 Å². The monoisotopic (exact) mass is 365 g/mol. The van der Waals surface area contributed by atoms with Crippen molar-refractivity contribution in [3.8, 4) is 0 Å². The molecular weight excluding hydrogens is 350 g/mol. The van der Waals surface area contributed by atoms with E-state index in [1.54, 1.807) is 11.3 Å². The number of ether oxygens (including phenoxy) is 1. The molecule has 21 heavy (non-hydrogen) atoms. The molecule has 3 nitrogen and oxygen atoms in total. The average Bonchev–Trinajstić information content (AvgIpc) is 2.96. The Hall–Kier alpha value is -1.46. The van der Waals surface area contributed by atoms with Crippen LogP contribution in [0.5, 0.6) is 0 Å². The highest BCUT2D eigenvalue weighted by Crippen LogP contribution is 2.24. The molecule has 0 unspecified atom stereocenters. The van der Waals surface area contributed by atoms with Crippen LogP contribution in [0.25, 0.3) is 0 Å². The first kappa shape index (κ1) is 15.9. The van der Waals surface area contributed by atoms with Crippen LogP contribution in [0.2, 0.25) is 0 Å². The SMILES string of the molecule is COC(=O)[C@H](c1ccccc1)[N+]1=Cc2ccsc2CC1.[Br-]. The van der Waals surface area contributed by atoms with E-state index < -0.39 is 0 Å². The van der Waals surface area contributed by atoms with Crippen LogP contribution in [0.1, 0.15) is 22.0 Å². The van der Waals surface area contributed by atoms with E-state index in [0.717, 1.165) is 18.5 Å². The Morgan fingerprint density at radius 3 is 2.76 bits per heavy atom. The zero-order chi connectivity index (χ0) is 13.9. The second kappa shape index (κ2) is 7.00. The Morgan fingerprint density at radius 2 is 2.05 bits per heavy atom. The predicted molar refractivity (Wildman–Crippen MR) is 79.5 cm³/mol. The first-order valence-electron chi connectivity index (χ1n) is 6.59. The van der Waals surface area contributed by atoms with E-state index in [1.165, 1.54) is 17.6 Å². The number of thiophene rings is 1. The van der Waals surface area contributed by atoms with Gasteiger partial charge in [-0.25, -0.2) is 9.37 Å². The second-order valence-electron chi connectivity index (χ2n) is 4.75. The summed E-state index contributed by atoms with van der Waals surface area (Å²) in [7, 11) is 1.44. The van der Waals surface area contributed by atoms with E-state index in [2.05, 4.69) is 22.2 Å². The molecule has 0 N–H and O–H groups in total. The highest BCUT2D eigenvalue weighted by Gasteiger charge is 2.34. The third-order valence-corrected chi connectivity index (χ3v) is 4.55. The van der Waals surface area contributed by atoms with Gasteiger partial charge in [0.2, 0.25) is 0 Å². The topological polar surface area (TPSA) is 29.3 Å². The lowest BCUT2D eigenvalue weighted by atomic mass is 10.0. The fraction of sp³-hybridized carbons (Fsp3) is 0.250. The minimum Gasteiger partial charge on any atom is -1.00 e. The van der Waals surface area contributed by atoms with E-state index >= 15 is 0 Å². The van der Waals surface area contributed by atoms with Crippen molar-refractivity contribution in [2.45, 2.75) is 12.5 Å². The Bertz CT molecular complexity index is 651. The number of rotatable bonds is 3. The van der Waals surface area contributed by atoms with Gasteiger partial charge in [-0.2, -0.15) is 0 Å². The van der Waals surface area contributed by atoms with Gasteiger partial charge < -0.3 is 21.7 Å². The standard InChI is InChI=1S/C16H16NO2S.BrH/c1-19-16(18)15(12-5-3-2-4-6-12)17-9-7-14-13(11-17)8-10-20-14;/h2-6,8,10-11,15H,7,9H2,1H3;1H/q+1;/p-1/t15-;/m0./s1. The fourth-order valence-corrected chi connectivity index (χ4v) is 3.40. The van der Waals surface area contributed by atoms with Crippen molar-refractivity contribution < 1.29 is 31.1 Å². The maximum Gasteiger partial charge on any atom is 0.380 e. The highest BCUT2D eigenvalue weighted by molar-refractivity contribution is 7.10. The number of methoxy groups -OCH3 is 1. The lowest BCUT2D eigenvalue weighted by molar-refractivity contribution is -0.557. The maximum atomic E-state index is 12.2. The summed E-state index contributed by atoms with van der Waals surface area (Å²) in [6, 6.07) is 11.5. The summed E-state index contributed by atoms with van der Waals surface area (Å²) in [6.45, 7) is 0.835. The third-order valence-electron chi connectivity index (χ3n) is 3.55. The van der Waals surface area contributed by atoms with Crippen molar-refractivity contribution in [1.82, 2.24) is 0 Å². The van der Waals surface area contributed by atoms with Gasteiger partial charge >= 0.3 is 5.97 Å². The summed E-state index contributed by atoms with van der Waals surface area (Å²) >= 11 is 1.77. The van der Waals surface area contributed by atoms with E-state index in [4.69, 9.17) is 4.74 Å². The number of carbonyl (C=O) groups excluding carboxylic acids is 1. The van der Waals surface area contributed by atoms with E-state index in [-0.39, 0.29) is 29.0 Å². The molecule has 3 rings (SSSR count). The van der Waals surface area contributed by atoms with Crippen molar-refractivity contribution in [3.05, 3.63) is 57.8 Å². The summed E-state index contributed by atoms with van der Waals surface area (Å²) in [4.78, 5) is 13.6. The normalized spacial score (nSPS) is 14.4. The Labute approximate surface area is 138 Å². The van der Waals surface area contributed by atoms with Crippen LogP contribution in [-0.2, 0) is 16.0 Å². The number of hydrogen-bond donors (Lipinski definition) is 0. The minimum absolute atomic E-state index is 0. The van der Waals surface area contributed by atoms with Gasteiger partial charge in [-0.1, -0.05) is 30.3 Å². The molecule has 0 fully saturated rings. The van der Waals surface area contributed by atoms with Crippen LogP contribution >= 0.6 is 11.3 Å². The van der Waals surface area contributed by atoms with E-state index in [0.29, 0.717) is 0 Å². The van der Waals surface area contributed by atoms with E-state index in [9.17, 15) is 4.79 Å². The Morgan fingerprint density at radius 1 is 1.29 bits per heavy atom. The number of halogens is 1. The zero-order valence-electron chi connectivity index (χ0n) is 11.7. The largest absolute Gasteiger partial charge is 1.00 e. The average molecular weight is 366 g/mol. The van der Waals surface area contributed by atoms with Gasteiger partial charge in [-0.3, -0.25) is 0 Å². The van der Waals surface area contributed by atoms with Crippen LogP contribution in [0.15, 0.2) is 41.8 Å². The fourth-order valence-electron chi connectivity index (χ4n) is 2.56. The molecular formula is C16H16BrNO2S. The molecule has 0 radical (unpaired) electrons. The minimum atomic E-state index is -0.366. The van der Waals surface area contributed by atoms with Gasteiger partial charge in [-0.15, -0.1) is 11.3 Å². The smallest absolute Gasteiger partial charge is 0.380 e. The van der Waals surface area contributed by atoms with Crippen LogP contribution in [-0.4, -0.2) is 30.4 Å². The number of esters is 1. The number of carbonyl (C=O) groups is 1. The first-order chi connectivity index (χ1) is 9.79. The zero-order valence-corrected chi connectivity index (χ0v) is 14.1. The molecule has 0 saturated heterocycles. The van der Waals surface area contributed by atoms with Crippen LogP contribution in [0.4, 0.5) is 0 Å². The molecule has 1 aliphatic rings. The molecule has 0 amide bonds. The number of fused-ring (bicyclic) bond motifs is 1. The molecule has 1 atom stereocenters. The third kappa shape index (κ3) is 3.24. The lowest BCUT2D eigenvalue weighted by Gasteiger charge is -2.17. The quantitative estimate of drug-likeness (QED) is 0.549. The van der Waals surface area contributed by atoms with Gasteiger partial charge in [0.15, 0.2) is 6.21 Å². The summed E-state index contributed by atoms with van der Waals surface area (Å²) < 4.78 is 7.07. The van der Waals surface area contributed by atoms with Crippen LogP contribution in [0.3, 0.4) is 0 Å². The van der Waals surface area contributed by atoms with Crippen molar-refractivity contribution in [2.75, 3.05) is 13.7 Å². The Balaban J connectivity index is 0.00000161. The number of hydrogen-bond acceptors (Lipinski definition) is 3. The molecule has 1 aliphatic heterocycles. The molecule has 5 heteroatoms. The van der Waals surface area contributed by atoms with Crippen molar-refractivity contribution >= 4 is 23.5 Å². The molecule has 2 heterocycles. The maximum absolute atomic E-state index is 12.2. The molecule has 0 bridgehead atoms. The summed E-state index contributed by atoms with van der Waals surface area (Å²) in [5.74, 6) is -0.217. The number of nitrogens with zero attached hydrogens (tertiary/aromatic N) is 1. The van der Waals surface area contributed by atoms with Gasteiger partial charge in [0, 0.05) is 16.9 Å². The van der Waals surface area contributed by atoms with E-state index in [1.807, 2.05) is 30.3 Å². The van der Waals surface area contributed by atoms with Gasteiger partial charge in [-0.05, 0) is 11.4 Å². The van der Waals surface area contributed by atoms with Gasteiger partial charge in [0.25, 0.3) is 6.04 Å². The van der Waals surface area contributed by atoms with Crippen molar-refractivity contribution in [2.24, 2.45) is 0 Å². The molecule has 0 saturated carbocycles. The Kier molecular flexibility index (Phi) is 5.31. The molecule has 110 valence electrons. The molecule has 2 aromatic rings. The van der Waals surface area contributed by atoms with Crippen molar-refractivity contribution in [3.63, 3.8) is 0 Å². The molecule has 0 aliphatic carbocycles.